The number of hydrogen-bond donors (Lipinski definition) is 1. The monoisotopic (exact) mass is 371 g/mol. The molecule has 2 aromatic rings. The Labute approximate surface area is 156 Å². The molecule has 1 atom stereocenters. The lowest BCUT2D eigenvalue weighted by atomic mass is 10.1. The lowest BCUT2D eigenvalue weighted by Gasteiger charge is -2.17. The molecule has 1 unspecified atom stereocenters. The highest BCUT2D eigenvalue weighted by molar-refractivity contribution is 5.97. The predicted octanol–water partition coefficient (Wildman–Crippen LogP) is 3.39. The zero-order valence-corrected chi connectivity index (χ0v) is 15.0. The van der Waals surface area contributed by atoms with E-state index in [0.717, 1.165) is 6.20 Å². The van der Waals surface area contributed by atoms with Gasteiger partial charge in [0.1, 0.15) is 18.6 Å². The van der Waals surface area contributed by atoms with E-state index in [1.54, 1.807) is 24.3 Å². The number of pyridine rings is 1. The minimum atomic E-state index is -0.521. The van der Waals surface area contributed by atoms with Gasteiger partial charge in [-0.05, 0) is 12.5 Å². The first-order valence-electron chi connectivity index (χ1n) is 8.60. The molecule has 0 radical (unpaired) electrons. The van der Waals surface area contributed by atoms with Crippen LogP contribution in [0.1, 0.15) is 36.5 Å². The molecule has 1 aromatic carbocycles. The average Bonchev–Trinajstić information content (AvgIpc) is 2.70. The number of anilines is 1. The second-order valence-electron chi connectivity index (χ2n) is 5.88. The molecule has 142 valence electrons. The summed E-state index contributed by atoms with van der Waals surface area (Å²) in [6, 6.07) is 11.5. The molecule has 0 spiro atoms. The van der Waals surface area contributed by atoms with Gasteiger partial charge in [0.05, 0.1) is 17.4 Å². The van der Waals surface area contributed by atoms with E-state index in [1.807, 2.05) is 13.0 Å². The van der Waals surface area contributed by atoms with Crippen LogP contribution in [0.4, 0.5) is 11.5 Å². The van der Waals surface area contributed by atoms with Gasteiger partial charge >= 0.3 is 5.97 Å². The minimum absolute atomic E-state index is 0.0138. The summed E-state index contributed by atoms with van der Waals surface area (Å²) < 4.78 is 5.23. The first-order valence-corrected chi connectivity index (χ1v) is 8.60. The molecule has 0 aliphatic carbocycles. The number of nitro groups is 1. The summed E-state index contributed by atoms with van der Waals surface area (Å²) >= 11 is 0. The Kier molecular flexibility index (Phi) is 7.42. The zero-order chi connectivity index (χ0) is 19.6. The lowest BCUT2D eigenvalue weighted by molar-refractivity contribution is -0.385. The van der Waals surface area contributed by atoms with Crippen LogP contribution in [0, 0.1) is 10.1 Å². The molecule has 0 amide bonds. The zero-order valence-electron chi connectivity index (χ0n) is 15.0. The van der Waals surface area contributed by atoms with Crippen molar-refractivity contribution in [1.82, 2.24) is 4.98 Å². The molecule has 0 aliphatic rings. The maximum atomic E-state index is 12.0. The summed E-state index contributed by atoms with van der Waals surface area (Å²) in [6.07, 6.45) is 1.93. The summed E-state index contributed by atoms with van der Waals surface area (Å²) in [6.45, 7) is 2.03. The number of benzene rings is 1. The molecule has 0 bridgehead atoms. The van der Waals surface area contributed by atoms with Crippen LogP contribution in [0.3, 0.4) is 0 Å². The standard InChI is InChI=1S/C19H21N3O5/c1-2-15(21-18-10-8-16(12-20-18)22(25)26)13-27-19(24)11-9-17(23)14-6-4-3-5-7-14/h3-8,10,12,15H,2,9,11,13H2,1H3,(H,20,21). The molecular weight excluding hydrogens is 350 g/mol. The van der Waals surface area contributed by atoms with Gasteiger partial charge in [0.25, 0.3) is 5.69 Å². The van der Waals surface area contributed by atoms with Gasteiger partial charge in [-0.2, -0.15) is 0 Å². The number of nitrogens with zero attached hydrogens (tertiary/aromatic N) is 2. The van der Waals surface area contributed by atoms with Crippen LogP contribution in [-0.2, 0) is 9.53 Å². The maximum absolute atomic E-state index is 12.0. The van der Waals surface area contributed by atoms with Gasteiger partial charge in [0.2, 0.25) is 0 Å². The van der Waals surface area contributed by atoms with E-state index in [1.165, 1.54) is 12.1 Å². The summed E-state index contributed by atoms with van der Waals surface area (Å²) in [5, 5.41) is 13.7. The number of ether oxygens (including phenoxy) is 1. The van der Waals surface area contributed by atoms with Crippen molar-refractivity contribution in [2.24, 2.45) is 0 Å². The molecule has 1 N–H and O–H groups in total. The molecule has 0 fully saturated rings. The van der Waals surface area contributed by atoms with Gasteiger partial charge in [0.15, 0.2) is 5.78 Å². The van der Waals surface area contributed by atoms with Gasteiger partial charge in [-0.3, -0.25) is 19.7 Å². The third-order valence-corrected chi connectivity index (χ3v) is 3.90. The second-order valence-corrected chi connectivity index (χ2v) is 5.88. The number of nitrogens with one attached hydrogen (secondary N) is 1. The van der Waals surface area contributed by atoms with E-state index in [4.69, 9.17) is 4.74 Å². The highest BCUT2D eigenvalue weighted by Gasteiger charge is 2.14. The number of aromatic nitrogens is 1. The van der Waals surface area contributed by atoms with E-state index < -0.39 is 10.9 Å². The molecule has 0 saturated heterocycles. The van der Waals surface area contributed by atoms with E-state index in [0.29, 0.717) is 17.8 Å². The fourth-order valence-electron chi connectivity index (χ4n) is 2.30. The molecule has 8 nitrogen and oxygen atoms in total. The Morgan fingerprint density at radius 2 is 1.93 bits per heavy atom. The van der Waals surface area contributed by atoms with Crippen LogP contribution in [0.2, 0.25) is 0 Å². The number of esters is 1. The number of rotatable bonds is 10. The average molecular weight is 371 g/mol. The Balaban J connectivity index is 1.76. The van der Waals surface area contributed by atoms with E-state index >= 15 is 0 Å². The van der Waals surface area contributed by atoms with E-state index in [9.17, 15) is 19.7 Å². The number of ketones is 1. The van der Waals surface area contributed by atoms with Crippen molar-refractivity contribution in [1.29, 1.82) is 0 Å². The van der Waals surface area contributed by atoms with Crippen LogP contribution >= 0.6 is 0 Å². The largest absolute Gasteiger partial charge is 0.463 e. The van der Waals surface area contributed by atoms with Crippen molar-refractivity contribution in [3.63, 3.8) is 0 Å². The smallest absolute Gasteiger partial charge is 0.306 e. The number of hydrogen-bond acceptors (Lipinski definition) is 7. The van der Waals surface area contributed by atoms with E-state index in [-0.39, 0.29) is 37.0 Å². The number of carbonyl (C=O) groups excluding carboxylic acids is 2. The molecule has 0 aliphatic heterocycles. The normalized spacial score (nSPS) is 11.4. The van der Waals surface area contributed by atoms with Crippen LogP contribution in [0.15, 0.2) is 48.7 Å². The second kappa shape index (κ2) is 10.0. The first kappa shape index (κ1) is 20.0. The predicted molar refractivity (Wildman–Crippen MR) is 99.6 cm³/mol. The van der Waals surface area contributed by atoms with Crippen LogP contribution in [0.5, 0.6) is 0 Å². The van der Waals surface area contributed by atoms with Crippen molar-refractivity contribution in [3.8, 4) is 0 Å². The Morgan fingerprint density at radius 3 is 2.52 bits per heavy atom. The first-order chi connectivity index (χ1) is 13.0. The molecule has 8 heteroatoms. The van der Waals surface area contributed by atoms with Crippen LogP contribution in [0.25, 0.3) is 0 Å². The van der Waals surface area contributed by atoms with Gasteiger partial charge in [0, 0.05) is 18.1 Å². The summed E-state index contributed by atoms with van der Waals surface area (Å²) in [7, 11) is 0. The summed E-state index contributed by atoms with van der Waals surface area (Å²) in [5.74, 6) is -0.0910. The van der Waals surface area contributed by atoms with Gasteiger partial charge in [-0.25, -0.2) is 4.98 Å². The van der Waals surface area contributed by atoms with Crippen molar-refractivity contribution in [2.45, 2.75) is 32.2 Å². The quantitative estimate of drug-likeness (QED) is 0.295. The molecule has 1 heterocycles. The van der Waals surface area contributed by atoms with Crippen molar-refractivity contribution < 1.29 is 19.2 Å². The van der Waals surface area contributed by atoms with Crippen molar-refractivity contribution >= 4 is 23.3 Å². The van der Waals surface area contributed by atoms with Gasteiger partial charge in [-0.15, -0.1) is 0 Å². The third kappa shape index (κ3) is 6.50. The van der Waals surface area contributed by atoms with E-state index in [2.05, 4.69) is 10.3 Å². The molecule has 2 rings (SSSR count). The summed E-state index contributed by atoms with van der Waals surface area (Å²) in [4.78, 5) is 37.9. The Morgan fingerprint density at radius 1 is 1.19 bits per heavy atom. The van der Waals surface area contributed by atoms with Gasteiger partial charge in [-0.1, -0.05) is 37.3 Å². The van der Waals surface area contributed by atoms with Crippen molar-refractivity contribution in [3.05, 3.63) is 64.3 Å². The highest BCUT2D eigenvalue weighted by atomic mass is 16.6. The molecular formula is C19H21N3O5. The van der Waals surface area contributed by atoms with Crippen molar-refractivity contribution in [2.75, 3.05) is 11.9 Å². The lowest BCUT2D eigenvalue weighted by Crippen LogP contribution is -2.27. The van der Waals surface area contributed by atoms with Gasteiger partial charge < -0.3 is 10.1 Å². The fourth-order valence-corrected chi connectivity index (χ4v) is 2.30. The van der Waals surface area contributed by atoms with Crippen LogP contribution in [-0.4, -0.2) is 34.3 Å². The number of Topliss-reactive ketones (excluding diaryl/α,β-unsaturated/α-hetero) is 1. The molecule has 1 aromatic heterocycles. The minimum Gasteiger partial charge on any atom is -0.463 e. The molecule has 27 heavy (non-hydrogen) atoms. The number of carbonyl (C=O) groups is 2. The molecule has 0 saturated carbocycles. The Bertz CT molecular complexity index is 778. The third-order valence-electron chi connectivity index (χ3n) is 3.90. The fraction of sp³-hybridized carbons (Fsp3) is 0.316. The highest BCUT2D eigenvalue weighted by Crippen LogP contribution is 2.13. The topological polar surface area (TPSA) is 111 Å². The Hall–Kier alpha value is -3.29. The summed E-state index contributed by atoms with van der Waals surface area (Å²) in [5.41, 5.74) is 0.478. The SMILES string of the molecule is CCC(COC(=O)CCC(=O)c1ccccc1)Nc1ccc([N+](=O)[O-])cn1. The maximum Gasteiger partial charge on any atom is 0.306 e. The van der Waals surface area contributed by atoms with Crippen LogP contribution < -0.4 is 5.32 Å².